The Hall–Kier alpha value is -2.10. The third kappa shape index (κ3) is 2.54. The minimum absolute atomic E-state index is 0.291. The van der Waals surface area contributed by atoms with E-state index in [4.69, 9.17) is 11.6 Å². The van der Waals surface area contributed by atoms with E-state index in [1.165, 1.54) is 0 Å². The van der Waals surface area contributed by atoms with Gasteiger partial charge >= 0.3 is 0 Å². The smallest absolute Gasteiger partial charge is 0.255 e. The van der Waals surface area contributed by atoms with E-state index in [1.807, 2.05) is 36.4 Å². The maximum Gasteiger partial charge on any atom is 0.255 e. The number of fused-ring (bicyclic) bond motifs is 1. The summed E-state index contributed by atoms with van der Waals surface area (Å²) < 4.78 is 0. The number of halogens is 1. The second kappa shape index (κ2) is 5.27. The van der Waals surface area contributed by atoms with Crippen LogP contribution in [-0.2, 0) is 5.60 Å². The topological polar surface area (TPSA) is 53.1 Å². The number of nitrogens with one attached hydrogen (secondary N) is 1. The van der Waals surface area contributed by atoms with E-state index in [1.54, 1.807) is 26.0 Å². The molecule has 22 heavy (non-hydrogen) atoms. The molecule has 0 aliphatic heterocycles. The Morgan fingerprint density at radius 3 is 2.41 bits per heavy atom. The molecule has 2 N–H and O–H groups in total. The highest BCUT2D eigenvalue weighted by molar-refractivity contribution is 6.31. The van der Waals surface area contributed by atoms with Crippen LogP contribution in [0.15, 0.2) is 53.3 Å². The quantitative estimate of drug-likeness (QED) is 0.749. The number of pyridine rings is 1. The molecule has 0 fully saturated rings. The summed E-state index contributed by atoms with van der Waals surface area (Å²) in [7, 11) is 0. The number of hydrogen-bond acceptors (Lipinski definition) is 2. The lowest BCUT2D eigenvalue weighted by Crippen LogP contribution is -2.28. The molecule has 0 bridgehead atoms. The van der Waals surface area contributed by atoms with Crippen LogP contribution in [0.4, 0.5) is 0 Å². The van der Waals surface area contributed by atoms with E-state index >= 15 is 0 Å². The first-order chi connectivity index (χ1) is 10.4. The van der Waals surface area contributed by atoms with Crippen molar-refractivity contribution in [2.45, 2.75) is 19.4 Å². The minimum Gasteiger partial charge on any atom is -0.386 e. The standard InChI is InChI=1S/C18H16ClNO2/c1-18(2,22)16-15(11-6-4-3-5-7-11)13-10-12(19)8-9-14(13)20-17(16)21/h3-10,22H,1-2H3,(H,20,21). The molecule has 0 atom stereocenters. The third-order valence-electron chi connectivity index (χ3n) is 3.65. The fourth-order valence-corrected chi connectivity index (χ4v) is 2.93. The highest BCUT2D eigenvalue weighted by atomic mass is 35.5. The van der Waals surface area contributed by atoms with Gasteiger partial charge in [0.05, 0.1) is 11.2 Å². The van der Waals surface area contributed by atoms with Crippen LogP contribution < -0.4 is 5.56 Å². The highest BCUT2D eigenvalue weighted by Gasteiger charge is 2.26. The van der Waals surface area contributed by atoms with Crippen LogP contribution in [0.25, 0.3) is 22.0 Å². The van der Waals surface area contributed by atoms with Crippen molar-refractivity contribution in [3.05, 3.63) is 69.5 Å². The lowest BCUT2D eigenvalue weighted by Gasteiger charge is -2.22. The van der Waals surface area contributed by atoms with Gasteiger partial charge in [0.2, 0.25) is 0 Å². The molecule has 1 heterocycles. The van der Waals surface area contributed by atoms with Gasteiger partial charge in [-0.15, -0.1) is 0 Å². The molecule has 3 aromatic rings. The number of aliphatic hydroxyl groups is 1. The predicted octanol–water partition coefficient (Wildman–Crippen LogP) is 4.08. The van der Waals surface area contributed by atoms with Crippen LogP contribution in [0.3, 0.4) is 0 Å². The lowest BCUT2D eigenvalue weighted by molar-refractivity contribution is 0.0778. The Bertz CT molecular complexity index is 893. The Kier molecular flexibility index (Phi) is 3.55. The normalized spacial score (nSPS) is 11.8. The molecule has 0 saturated carbocycles. The van der Waals surface area contributed by atoms with Gasteiger partial charge in [-0.05, 0) is 37.6 Å². The zero-order valence-corrected chi connectivity index (χ0v) is 13.1. The van der Waals surface area contributed by atoms with E-state index in [2.05, 4.69) is 4.98 Å². The van der Waals surface area contributed by atoms with Crippen LogP contribution >= 0.6 is 11.6 Å². The molecule has 3 nitrogen and oxygen atoms in total. The molecular weight excluding hydrogens is 298 g/mol. The van der Waals surface area contributed by atoms with Crippen molar-refractivity contribution >= 4 is 22.5 Å². The van der Waals surface area contributed by atoms with Gasteiger partial charge in [0.15, 0.2) is 0 Å². The summed E-state index contributed by atoms with van der Waals surface area (Å²) in [6.07, 6.45) is 0. The highest BCUT2D eigenvalue weighted by Crippen LogP contribution is 2.35. The Morgan fingerprint density at radius 2 is 1.77 bits per heavy atom. The van der Waals surface area contributed by atoms with Gasteiger partial charge in [0.1, 0.15) is 0 Å². The summed E-state index contributed by atoms with van der Waals surface area (Å²) in [4.78, 5) is 15.3. The molecule has 3 rings (SSSR count). The summed E-state index contributed by atoms with van der Waals surface area (Å²) in [5, 5.41) is 11.9. The monoisotopic (exact) mass is 313 g/mol. The van der Waals surface area contributed by atoms with E-state index in [-0.39, 0.29) is 5.56 Å². The molecule has 2 aromatic carbocycles. The summed E-state index contributed by atoms with van der Waals surface area (Å²) in [5.41, 5.74) is 1.07. The average molecular weight is 314 g/mol. The third-order valence-corrected chi connectivity index (χ3v) is 3.89. The van der Waals surface area contributed by atoms with Gasteiger partial charge in [-0.3, -0.25) is 4.79 Å². The summed E-state index contributed by atoms with van der Waals surface area (Å²) >= 11 is 6.13. The molecule has 0 spiro atoms. The van der Waals surface area contributed by atoms with E-state index in [0.717, 1.165) is 10.9 Å². The maximum absolute atomic E-state index is 12.5. The van der Waals surface area contributed by atoms with Crippen LogP contribution in [0.2, 0.25) is 5.02 Å². The molecular formula is C18H16ClNO2. The van der Waals surface area contributed by atoms with E-state index in [9.17, 15) is 9.90 Å². The van der Waals surface area contributed by atoms with Crippen LogP contribution in [0.1, 0.15) is 19.4 Å². The molecule has 0 aliphatic carbocycles. The minimum atomic E-state index is -1.27. The molecule has 112 valence electrons. The van der Waals surface area contributed by atoms with Crippen LogP contribution in [-0.4, -0.2) is 10.1 Å². The second-order valence-electron chi connectivity index (χ2n) is 5.82. The van der Waals surface area contributed by atoms with E-state index < -0.39 is 5.60 Å². The van der Waals surface area contributed by atoms with Crippen molar-refractivity contribution in [3.8, 4) is 11.1 Å². The SMILES string of the molecule is CC(C)(O)c1c(-c2ccccc2)c2cc(Cl)ccc2[nH]c1=O. The largest absolute Gasteiger partial charge is 0.386 e. The zero-order chi connectivity index (χ0) is 15.9. The summed E-state index contributed by atoms with van der Waals surface area (Å²) in [5.74, 6) is 0. The van der Waals surface area contributed by atoms with Crippen molar-refractivity contribution in [2.75, 3.05) is 0 Å². The van der Waals surface area contributed by atoms with Crippen LogP contribution in [0.5, 0.6) is 0 Å². The summed E-state index contributed by atoms with van der Waals surface area (Å²) in [6.45, 7) is 3.22. The van der Waals surface area contributed by atoms with Gasteiger partial charge in [-0.2, -0.15) is 0 Å². The fraction of sp³-hybridized carbons (Fsp3) is 0.167. The fourth-order valence-electron chi connectivity index (χ4n) is 2.75. The second-order valence-corrected chi connectivity index (χ2v) is 6.26. The zero-order valence-electron chi connectivity index (χ0n) is 12.4. The van der Waals surface area contributed by atoms with Crippen molar-refractivity contribution < 1.29 is 5.11 Å². The molecule has 0 aliphatic rings. The first kappa shape index (κ1) is 14.8. The molecule has 0 saturated heterocycles. The van der Waals surface area contributed by atoms with Crippen molar-refractivity contribution in [2.24, 2.45) is 0 Å². The number of hydrogen-bond donors (Lipinski definition) is 2. The van der Waals surface area contributed by atoms with E-state index in [0.29, 0.717) is 21.7 Å². The van der Waals surface area contributed by atoms with Crippen molar-refractivity contribution in [1.82, 2.24) is 4.98 Å². The Labute approximate surface area is 133 Å². The maximum atomic E-state index is 12.5. The van der Waals surface area contributed by atoms with Crippen molar-refractivity contribution in [3.63, 3.8) is 0 Å². The van der Waals surface area contributed by atoms with Gasteiger partial charge in [-0.25, -0.2) is 0 Å². The Morgan fingerprint density at radius 1 is 1.09 bits per heavy atom. The number of benzene rings is 2. The number of rotatable bonds is 2. The first-order valence-corrected chi connectivity index (χ1v) is 7.39. The lowest BCUT2D eigenvalue weighted by atomic mass is 9.88. The first-order valence-electron chi connectivity index (χ1n) is 7.02. The molecule has 0 radical (unpaired) electrons. The molecule has 0 unspecified atom stereocenters. The Balaban J connectivity index is 2.53. The van der Waals surface area contributed by atoms with Gasteiger partial charge in [0.25, 0.3) is 5.56 Å². The van der Waals surface area contributed by atoms with Crippen LogP contribution in [0, 0.1) is 0 Å². The molecule has 0 amide bonds. The number of H-pyrrole nitrogens is 1. The number of aromatic nitrogens is 1. The molecule has 4 heteroatoms. The van der Waals surface area contributed by atoms with Gasteiger partial charge in [0, 0.05) is 21.5 Å². The summed E-state index contributed by atoms with van der Waals surface area (Å²) in [6, 6.07) is 14.9. The predicted molar refractivity (Wildman–Crippen MR) is 90.3 cm³/mol. The number of aromatic amines is 1. The van der Waals surface area contributed by atoms with Gasteiger partial charge < -0.3 is 10.1 Å². The van der Waals surface area contributed by atoms with Crippen molar-refractivity contribution in [1.29, 1.82) is 0 Å². The van der Waals surface area contributed by atoms with Gasteiger partial charge in [-0.1, -0.05) is 41.9 Å². The molecule has 1 aromatic heterocycles. The average Bonchev–Trinajstić information content (AvgIpc) is 2.46.